The van der Waals surface area contributed by atoms with E-state index < -0.39 is 6.04 Å². The molecule has 2 amide bonds. The van der Waals surface area contributed by atoms with Gasteiger partial charge < -0.3 is 10.2 Å². The minimum absolute atomic E-state index is 0.0575. The molecule has 0 spiro atoms. The Morgan fingerprint density at radius 3 is 2.91 bits per heavy atom. The number of aryl methyl sites for hydroxylation is 1. The fraction of sp³-hybridized carbons (Fsp3) is 0.556. The summed E-state index contributed by atoms with van der Waals surface area (Å²) >= 11 is 0. The Morgan fingerprint density at radius 2 is 2.22 bits per heavy atom. The van der Waals surface area contributed by atoms with Gasteiger partial charge in [0, 0.05) is 13.0 Å². The molecule has 23 heavy (non-hydrogen) atoms. The van der Waals surface area contributed by atoms with Crippen molar-refractivity contribution in [3.63, 3.8) is 0 Å². The predicted molar refractivity (Wildman–Crippen MR) is 85.2 cm³/mol. The summed E-state index contributed by atoms with van der Waals surface area (Å²) in [6.07, 6.45) is 4.65. The minimum atomic E-state index is -0.413. The van der Waals surface area contributed by atoms with Gasteiger partial charge in [-0.15, -0.1) is 0 Å². The maximum Gasteiger partial charge on any atom is 0.243 e. The molecule has 1 aromatic rings. The number of rotatable bonds is 4. The third-order valence-corrected chi connectivity index (χ3v) is 4.91. The molecule has 0 radical (unpaired) electrons. The first-order valence-corrected chi connectivity index (χ1v) is 8.48. The number of likely N-dealkylation sites (tertiary alicyclic amines) is 1. The van der Waals surface area contributed by atoms with E-state index in [2.05, 4.69) is 5.32 Å². The predicted octanol–water partition coefficient (Wildman–Crippen LogP) is 2.72. The topological polar surface area (TPSA) is 49.4 Å². The third kappa shape index (κ3) is 3.23. The van der Waals surface area contributed by atoms with Crippen molar-refractivity contribution in [1.29, 1.82) is 0 Å². The average molecular weight is 318 g/mol. The summed E-state index contributed by atoms with van der Waals surface area (Å²) < 4.78 is 13.6. The van der Waals surface area contributed by atoms with Gasteiger partial charge in [0.25, 0.3) is 0 Å². The van der Waals surface area contributed by atoms with Gasteiger partial charge in [0.1, 0.15) is 11.9 Å². The van der Waals surface area contributed by atoms with Crippen LogP contribution >= 0.6 is 0 Å². The van der Waals surface area contributed by atoms with E-state index in [1.54, 1.807) is 4.90 Å². The summed E-state index contributed by atoms with van der Waals surface area (Å²) in [5.41, 5.74) is 1.99. The molecule has 2 aliphatic rings. The lowest BCUT2D eigenvalue weighted by Crippen LogP contribution is -2.48. The van der Waals surface area contributed by atoms with Crippen LogP contribution in [0.1, 0.15) is 56.2 Å². The van der Waals surface area contributed by atoms with Crippen LogP contribution in [0.5, 0.6) is 0 Å². The number of hydrogen-bond acceptors (Lipinski definition) is 2. The fourth-order valence-electron chi connectivity index (χ4n) is 3.73. The van der Waals surface area contributed by atoms with Crippen LogP contribution in [0.15, 0.2) is 18.2 Å². The van der Waals surface area contributed by atoms with Gasteiger partial charge in [-0.1, -0.05) is 13.0 Å². The number of carbonyl (C=O) groups is 2. The van der Waals surface area contributed by atoms with Crippen molar-refractivity contribution in [2.75, 3.05) is 6.54 Å². The molecule has 4 nitrogen and oxygen atoms in total. The first-order valence-electron chi connectivity index (χ1n) is 8.48. The lowest BCUT2D eigenvalue weighted by atomic mass is 9.87. The number of hydrogen-bond donors (Lipinski definition) is 1. The number of nitrogens with zero attached hydrogens (tertiary/aromatic N) is 1. The Morgan fingerprint density at radius 1 is 1.39 bits per heavy atom. The van der Waals surface area contributed by atoms with Crippen LogP contribution in [0.2, 0.25) is 0 Å². The molecule has 124 valence electrons. The second-order valence-corrected chi connectivity index (χ2v) is 6.41. The van der Waals surface area contributed by atoms with Crippen LogP contribution in [0.25, 0.3) is 0 Å². The number of carbonyl (C=O) groups excluding carboxylic acids is 2. The molecular weight excluding hydrogens is 295 g/mol. The molecule has 1 aliphatic heterocycles. The highest BCUT2D eigenvalue weighted by Gasteiger charge is 2.33. The summed E-state index contributed by atoms with van der Waals surface area (Å²) in [4.78, 5) is 26.3. The van der Waals surface area contributed by atoms with Gasteiger partial charge >= 0.3 is 0 Å². The van der Waals surface area contributed by atoms with E-state index in [9.17, 15) is 14.0 Å². The quantitative estimate of drug-likeness (QED) is 0.928. The van der Waals surface area contributed by atoms with Crippen LogP contribution < -0.4 is 5.32 Å². The smallest absolute Gasteiger partial charge is 0.243 e. The number of fused-ring (bicyclic) bond motifs is 1. The molecule has 0 saturated carbocycles. The zero-order chi connectivity index (χ0) is 16.4. The second kappa shape index (κ2) is 6.69. The first-order chi connectivity index (χ1) is 11.1. The maximum absolute atomic E-state index is 13.6. The molecular formula is C18H23FN2O2. The summed E-state index contributed by atoms with van der Waals surface area (Å²) in [5.74, 6) is -0.335. The molecule has 1 N–H and O–H groups in total. The van der Waals surface area contributed by atoms with E-state index in [-0.39, 0.29) is 23.7 Å². The van der Waals surface area contributed by atoms with Crippen molar-refractivity contribution >= 4 is 11.8 Å². The normalized spacial score (nSPS) is 21.9. The molecule has 0 unspecified atom stereocenters. The lowest BCUT2D eigenvalue weighted by Gasteiger charge is -2.31. The van der Waals surface area contributed by atoms with Crippen molar-refractivity contribution in [2.45, 2.75) is 57.5 Å². The third-order valence-electron chi connectivity index (χ3n) is 4.91. The van der Waals surface area contributed by atoms with Gasteiger partial charge in [0.2, 0.25) is 11.8 Å². The van der Waals surface area contributed by atoms with Crippen LogP contribution in [-0.4, -0.2) is 29.3 Å². The van der Waals surface area contributed by atoms with E-state index in [1.807, 2.05) is 13.0 Å². The Kier molecular flexibility index (Phi) is 4.64. The molecule has 1 saturated heterocycles. The molecule has 3 rings (SSSR count). The van der Waals surface area contributed by atoms with Crippen molar-refractivity contribution in [3.8, 4) is 0 Å². The Balaban J connectivity index is 1.75. The van der Waals surface area contributed by atoms with Gasteiger partial charge in [0.05, 0.1) is 6.04 Å². The van der Waals surface area contributed by atoms with Gasteiger partial charge in [-0.2, -0.15) is 0 Å². The summed E-state index contributed by atoms with van der Waals surface area (Å²) in [6, 6.07) is 4.24. The van der Waals surface area contributed by atoms with Crippen LogP contribution in [0.3, 0.4) is 0 Å². The number of nitrogens with one attached hydrogen (secondary N) is 1. The van der Waals surface area contributed by atoms with E-state index in [0.717, 1.165) is 36.8 Å². The van der Waals surface area contributed by atoms with Gasteiger partial charge in [-0.25, -0.2) is 4.39 Å². The highest BCUT2D eigenvalue weighted by Crippen LogP contribution is 2.30. The molecule has 0 aromatic heterocycles. The number of halogens is 1. The van der Waals surface area contributed by atoms with Crippen molar-refractivity contribution < 1.29 is 14.0 Å². The van der Waals surface area contributed by atoms with E-state index in [0.29, 0.717) is 19.4 Å². The van der Waals surface area contributed by atoms with Gasteiger partial charge in [0.15, 0.2) is 0 Å². The monoisotopic (exact) mass is 318 g/mol. The molecule has 1 heterocycles. The Hall–Kier alpha value is -1.91. The molecule has 0 bridgehead atoms. The zero-order valence-corrected chi connectivity index (χ0v) is 13.5. The summed E-state index contributed by atoms with van der Waals surface area (Å²) in [5, 5.41) is 3.05. The summed E-state index contributed by atoms with van der Waals surface area (Å²) in [7, 11) is 0. The van der Waals surface area contributed by atoms with E-state index in [4.69, 9.17) is 0 Å². The van der Waals surface area contributed by atoms with Crippen molar-refractivity contribution in [2.24, 2.45) is 0 Å². The highest BCUT2D eigenvalue weighted by molar-refractivity contribution is 5.88. The average Bonchev–Trinajstić information content (AvgIpc) is 2.95. The van der Waals surface area contributed by atoms with Crippen molar-refractivity contribution in [1.82, 2.24) is 10.2 Å². The van der Waals surface area contributed by atoms with Crippen molar-refractivity contribution in [3.05, 3.63) is 35.1 Å². The second-order valence-electron chi connectivity index (χ2n) is 6.41. The standard InChI is InChI=1S/C18H23FN2O2/c1-2-16(21-10-4-7-17(21)22)18(23)20-15-6-3-5-12-8-9-13(19)11-14(12)15/h8-9,11,15-16H,2-7,10H2,1H3,(H,20,23)/t15-,16-/m1/s1. The molecule has 2 atom stereocenters. The van der Waals surface area contributed by atoms with E-state index >= 15 is 0 Å². The van der Waals surface area contributed by atoms with Crippen LogP contribution in [-0.2, 0) is 16.0 Å². The largest absolute Gasteiger partial charge is 0.347 e. The van der Waals surface area contributed by atoms with E-state index in [1.165, 1.54) is 12.1 Å². The lowest BCUT2D eigenvalue weighted by molar-refractivity contribution is -0.138. The molecule has 1 aromatic carbocycles. The van der Waals surface area contributed by atoms with Crippen LogP contribution in [0.4, 0.5) is 4.39 Å². The number of amides is 2. The van der Waals surface area contributed by atoms with Gasteiger partial charge in [-0.05, 0) is 55.4 Å². The van der Waals surface area contributed by atoms with Gasteiger partial charge in [-0.3, -0.25) is 9.59 Å². The summed E-state index contributed by atoms with van der Waals surface area (Å²) in [6.45, 7) is 2.57. The Labute approximate surface area is 136 Å². The molecule has 1 aliphatic carbocycles. The molecule has 1 fully saturated rings. The fourth-order valence-corrected chi connectivity index (χ4v) is 3.73. The zero-order valence-electron chi connectivity index (χ0n) is 13.5. The maximum atomic E-state index is 13.6. The SMILES string of the molecule is CC[C@H](C(=O)N[C@@H]1CCCc2ccc(F)cc21)N1CCCC1=O. The minimum Gasteiger partial charge on any atom is -0.347 e. The first kappa shape index (κ1) is 16.0. The highest BCUT2D eigenvalue weighted by atomic mass is 19.1. The van der Waals surface area contributed by atoms with Crippen LogP contribution in [0, 0.1) is 5.82 Å². The Bertz CT molecular complexity index is 617. The molecule has 5 heteroatoms. The number of benzene rings is 1.